The molecule has 1 unspecified atom stereocenters. The van der Waals surface area contributed by atoms with Gasteiger partial charge in [0.1, 0.15) is 5.82 Å². The third-order valence-corrected chi connectivity index (χ3v) is 6.36. The van der Waals surface area contributed by atoms with E-state index in [0.29, 0.717) is 22.9 Å². The van der Waals surface area contributed by atoms with Crippen molar-refractivity contribution in [3.8, 4) is 11.3 Å². The fraction of sp³-hybridized carbons (Fsp3) is 0.320. The minimum atomic E-state index is -0.110. The molecule has 1 atom stereocenters. The zero-order chi connectivity index (χ0) is 21.7. The molecule has 1 aromatic carbocycles. The Morgan fingerprint density at radius 3 is 2.78 bits per heavy atom. The standard InChI is InChI=1S/C25H23N5O2/c1-14-26-13-17-11-18(9-10-20(17)27-14)28-24(31)19-12-21(15-5-3-2-4-6-15)29-25-22(19)23(30-32-25)16-7-8-16/h2-6,12-13,16,18H,7-11H2,1H3,(H,28,31). The normalized spacial score (nSPS) is 17.8. The van der Waals surface area contributed by atoms with Crippen molar-refractivity contribution in [2.75, 3.05) is 0 Å². The lowest BCUT2D eigenvalue weighted by Crippen LogP contribution is -2.39. The van der Waals surface area contributed by atoms with E-state index in [1.54, 1.807) is 0 Å². The van der Waals surface area contributed by atoms with Crippen molar-refractivity contribution in [2.45, 2.75) is 51.0 Å². The van der Waals surface area contributed by atoms with Gasteiger partial charge in [-0.15, -0.1) is 0 Å². The number of amides is 1. The van der Waals surface area contributed by atoms with E-state index in [1.807, 2.05) is 49.5 Å². The largest absolute Gasteiger partial charge is 0.349 e. The number of carbonyl (C=O) groups is 1. The Balaban J connectivity index is 1.36. The number of carbonyl (C=O) groups excluding carboxylic acids is 1. The van der Waals surface area contributed by atoms with Gasteiger partial charge in [-0.05, 0) is 50.7 Å². The van der Waals surface area contributed by atoms with E-state index in [9.17, 15) is 4.79 Å². The van der Waals surface area contributed by atoms with Crippen molar-refractivity contribution >= 4 is 17.0 Å². The Kier molecular flexibility index (Phi) is 4.48. The molecule has 0 bridgehead atoms. The Bertz CT molecular complexity index is 1330. The minimum Gasteiger partial charge on any atom is -0.349 e. The molecule has 7 heteroatoms. The van der Waals surface area contributed by atoms with Crippen LogP contribution in [0, 0.1) is 6.92 Å². The fourth-order valence-corrected chi connectivity index (χ4v) is 4.54. The Hall–Kier alpha value is -3.61. The van der Waals surface area contributed by atoms with E-state index in [0.717, 1.165) is 65.8 Å². The van der Waals surface area contributed by atoms with Gasteiger partial charge in [0.05, 0.1) is 22.3 Å². The molecule has 32 heavy (non-hydrogen) atoms. The highest BCUT2D eigenvalue weighted by atomic mass is 16.5. The SMILES string of the molecule is Cc1ncc2c(n1)CCC(NC(=O)c1cc(-c3ccccc3)nc3onc(C4CC4)c13)C2. The predicted molar refractivity (Wildman–Crippen MR) is 119 cm³/mol. The number of nitrogens with zero attached hydrogens (tertiary/aromatic N) is 4. The molecule has 1 amide bonds. The Morgan fingerprint density at radius 1 is 1.12 bits per heavy atom. The second kappa shape index (κ2) is 7.51. The van der Waals surface area contributed by atoms with E-state index in [1.165, 1.54) is 0 Å². The molecule has 160 valence electrons. The van der Waals surface area contributed by atoms with Crippen molar-refractivity contribution in [2.24, 2.45) is 0 Å². The van der Waals surface area contributed by atoms with Gasteiger partial charge in [-0.1, -0.05) is 35.5 Å². The molecule has 0 aliphatic heterocycles. The van der Waals surface area contributed by atoms with Crippen LogP contribution in [0.2, 0.25) is 0 Å². The second-order valence-electron chi connectivity index (χ2n) is 8.75. The number of hydrogen-bond donors (Lipinski definition) is 1. The summed E-state index contributed by atoms with van der Waals surface area (Å²) in [6, 6.07) is 11.7. The van der Waals surface area contributed by atoms with Crippen LogP contribution in [0.4, 0.5) is 0 Å². The topological polar surface area (TPSA) is 93.8 Å². The molecular weight excluding hydrogens is 402 g/mol. The van der Waals surface area contributed by atoms with E-state index in [2.05, 4.69) is 25.4 Å². The summed E-state index contributed by atoms with van der Waals surface area (Å²) < 4.78 is 5.59. The van der Waals surface area contributed by atoms with Gasteiger partial charge in [0.15, 0.2) is 0 Å². The molecule has 1 fully saturated rings. The average Bonchev–Trinajstić information content (AvgIpc) is 3.57. The third-order valence-electron chi connectivity index (χ3n) is 6.36. The van der Waals surface area contributed by atoms with Crippen LogP contribution in [0.15, 0.2) is 47.1 Å². The van der Waals surface area contributed by atoms with Crippen molar-refractivity contribution in [1.29, 1.82) is 0 Å². The first-order valence-electron chi connectivity index (χ1n) is 11.1. The van der Waals surface area contributed by atoms with Gasteiger partial charge >= 0.3 is 0 Å². The van der Waals surface area contributed by atoms with Crippen molar-refractivity contribution in [3.05, 3.63) is 70.9 Å². The quantitative estimate of drug-likeness (QED) is 0.528. The van der Waals surface area contributed by atoms with E-state index < -0.39 is 0 Å². The monoisotopic (exact) mass is 425 g/mol. The number of benzene rings is 1. The number of rotatable bonds is 4. The molecule has 1 N–H and O–H groups in total. The maximum atomic E-state index is 13.5. The maximum Gasteiger partial charge on any atom is 0.259 e. The van der Waals surface area contributed by atoms with Crippen molar-refractivity contribution in [3.63, 3.8) is 0 Å². The second-order valence-corrected chi connectivity index (χ2v) is 8.75. The molecule has 3 aromatic heterocycles. The Morgan fingerprint density at radius 2 is 1.97 bits per heavy atom. The molecular formula is C25H23N5O2. The van der Waals surface area contributed by atoms with Crippen LogP contribution in [-0.4, -0.2) is 32.1 Å². The third kappa shape index (κ3) is 3.43. The molecule has 2 aliphatic rings. The summed E-state index contributed by atoms with van der Waals surface area (Å²) in [6.45, 7) is 1.91. The lowest BCUT2D eigenvalue weighted by atomic mass is 9.92. The predicted octanol–water partition coefficient (Wildman–Crippen LogP) is 4.15. The number of nitrogens with one attached hydrogen (secondary N) is 1. The minimum absolute atomic E-state index is 0.0360. The Labute approximate surface area is 185 Å². The first-order chi connectivity index (χ1) is 15.7. The van der Waals surface area contributed by atoms with E-state index >= 15 is 0 Å². The molecule has 1 saturated carbocycles. The van der Waals surface area contributed by atoms with Gasteiger partial charge in [0.2, 0.25) is 0 Å². The highest BCUT2D eigenvalue weighted by Crippen LogP contribution is 2.43. The summed E-state index contributed by atoms with van der Waals surface area (Å²) in [5, 5.41) is 8.28. The summed E-state index contributed by atoms with van der Waals surface area (Å²) in [4.78, 5) is 27.1. The van der Waals surface area contributed by atoms with Crippen LogP contribution in [-0.2, 0) is 12.8 Å². The molecule has 6 rings (SSSR count). The van der Waals surface area contributed by atoms with Crippen LogP contribution in [0.1, 0.15) is 58.3 Å². The van der Waals surface area contributed by atoms with E-state index in [4.69, 9.17) is 4.52 Å². The number of pyridine rings is 1. The summed E-state index contributed by atoms with van der Waals surface area (Å²) in [6.07, 6.45) is 6.46. The molecule has 4 aromatic rings. The molecule has 0 spiro atoms. The first-order valence-corrected chi connectivity index (χ1v) is 11.1. The molecule has 3 heterocycles. The van der Waals surface area contributed by atoms with Crippen LogP contribution < -0.4 is 5.32 Å². The fourth-order valence-electron chi connectivity index (χ4n) is 4.54. The molecule has 0 radical (unpaired) electrons. The van der Waals surface area contributed by atoms with Gasteiger partial charge < -0.3 is 9.84 Å². The molecule has 0 saturated heterocycles. The van der Waals surface area contributed by atoms with Crippen LogP contribution >= 0.6 is 0 Å². The van der Waals surface area contributed by atoms with E-state index in [-0.39, 0.29) is 11.9 Å². The lowest BCUT2D eigenvalue weighted by molar-refractivity contribution is 0.0935. The van der Waals surface area contributed by atoms with Gasteiger partial charge in [-0.25, -0.2) is 15.0 Å². The number of aromatic nitrogens is 4. The van der Waals surface area contributed by atoms with Gasteiger partial charge in [0.25, 0.3) is 11.6 Å². The van der Waals surface area contributed by atoms with Gasteiger partial charge in [0, 0.05) is 29.4 Å². The average molecular weight is 425 g/mol. The molecule has 7 nitrogen and oxygen atoms in total. The molecule has 2 aliphatic carbocycles. The number of fused-ring (bicyclic) bond motifs is 2. The highest BCUT2D eigenvalue weighted by molar-refractivity contribution is 6.07. The van der Waals surface area contributed by atoms with Gasteiger partial charge in [-0.3, -0.25) is 4.79 Å². The van der Waals surface area contributed by atoms with Gasteiger partial charge in [-0.2, -0.15) is 0 Å². The van der Waals surface area contributed by atoms with Crippen LogP contribution in [0.3, 0.4) is 0 Å². The summed E-state index contributed by atoms with van der Waals surface area (Å²) >= 11 is 0. The van der Waals surface area contributed by atoms with Crippen molar-refractivity contribution in [1.82, 2.24) is 25.4 Å². The zero-order valence-electron chi connectivity index (χ0n) is 17.8. The number of aryl methyl sites for hydroxylation is 2. The summed E-state index contributed by atoms with van der Waals surface area (Å²) in [5.74, 6) is 1.04. The maximum absolute atomic E-state index is 13.5. The highest BCUT2D eigenvalue weighted by Gasteiger charge is 2.33. The summed E-state index contributed by atoms with van der Waals surface area (Å²) in [7, 11) is 0. The lowest BCUT2D eigenvalue weighted by Gasteiger charge is -2.25. The van der Waals surface area contributed by atoms with Crippen molar-refractivity contribution < 1.29 is 9.32 Å². The first kappa shape index (κ1) is 19.1. The number of hydrogen-bond acceptors (Lipinski definition) is 6. The summed E-state index contributed by atoms with van der Waals surface area (Å²) in [5.41, 5.74) is 5.72. The van der Waals surface area contributed by atoms with Crippen LogP contribution in [0.25, 0.3) is 22.4 Å². The van der Waals surface area contributed by atoms with Crippen LogP contribution in [0.5, 0.6) is 0 Å². The smallest absolute Gasteiger partial charge is 0.259 e. The zero-order valence-corrected chi connectivity index (χ0v) is 17.8.